The first kappa shape index (κ1) is 14.2. The second kappa shape index (κ2) is 5.81. The van der Waals surface area contributed by atoms with Crippen molar-refractivity contribution in [2.75, 3.05) is 0 Å². The van der Waals surface area contributed by atoms with Crippen molar-refractivity contribution in [1.29, 1.82) is 0 Å². The maximum Gasteiger partial charge on any atom is 0.252 e. The number of pyridine rings is 1. The zero-order chi connectivity index (χ0) is 14.7. The lowest BCUT2D eigenvalue weighted by Crippen LogP contribution is -2.27. The largest absolute Gasteiger partial charge is 0.423 e. The van der Waals surface area contributed by atoms with Crippen molar-refractivity contribution in [3.8, 4) is 0 Å². The number of carbonyl (C=O) groups excluding carboxylic acids is 1. The number of nitrogens with one attached hydrogen (secondary N) is 1. The second-order valence-corrected chi connectivity index (χ2v) is 5.02. The minimum Gasteiger partial charge on any atom is -0.423 e. The molecule has 2 heterocycles. The highest BCUT2D eigenvalue weighted by Gasteiger charge is 2.19. The molecule has 1 unspecified atom stereocenters. The van der Waals surface area contributed by atoms with Gasteiger partial charge < -0.3 is 9.73 Å². The van der Waals surface area contributed by atoms with Crippen LogP contribution in [0, 0.1) is 6.92 Å². The van der Waals surface area contributed by atoms with E-state index in [2.05, 4.69) is 20.5 Å². The molecule has 0 aromatic carbocycles. The van der Waals surface area contributed by atoms with Crippen molar-refractivity contribution >= 4 is 5.91 Å². The van der Waals surface area contributed by atoms with Gasteiger partial charge in [-0.3, -0.25) is 9.78 Å². The number of nitrogens with zero attached hydrogens (tertiary/aromatic N) is 3. The van der Waals surface area contributed by atoms with Crippen molar-refractivity contribution < 1.29 is 9.21 Å². The van der Waals surface area contributed by atoms with Crippen LogP contribution in [-0.4, -0.2) is 21.1 Å². The van der Waals surface area contributed by atoms with Crippen molar-refractivity contribution in [2.45, 2.75) is 39.7 Å². The Hall–Kier alpha value is -2.24. The smallest absolute Gasteiger partial charge is 0.252 e. The summed E-state index contributed by atoms with van der Waals surface area (Å²) < 4.78 is 5.52. The monoisotopic (exact) mass is 274 g/mol. The van der Waals surface area contributed by atoms with E-state index in [1.807, 2.05) is 27.7 Å². The molecular formula is C14H18N4O2. The predicted octanol–water partition coefficient (Wildman–Crippen LogP) is 2.39. The number of aryl methyl sites for hydroxylation is 1. The van der Waals surface area contributed by atoms with Crippen LogP contribution >= 0.6 is 0 Å². The summed E-state index contributed by atoms with van der Waals surface area (Å²) in [6.45, 7) is 7.60. The fourth-order valence-corrected chi connectivity index (χ4v) is 1.72. The van der Waals surface area contributed by atoms with E-state index in [0.717, 1.165) is 5.56 Å². The lowest BCUT2D eigenvalue weighted by Gasteiger charge is -2.11. The SMILES string of the molecule is Cc1cnccc1C(=O)NC(C)c1nnc(C(C)C)o1. The number of hydrogen-bond donors (Lipinski definition) is 1. The van der Waals surface area contributed by atoms with E-state index in [0.29, 0.717) is 17.3 Å². The summed E-state index contributed by atoms with van der Waals surface area (Å²) in [6, 6.07) is 1.35. The molecule has 6 nitrogen and oxygen atoms in total. The van der Waals surface area contributed by atoms with Crippen LogP contribution in [0.1, 0.15) is 60.4 Å². The van der Waals surface area contributed by atoms with Crippen molar-refractivity contribution in [2.24, 2.45) is 0 Å². The van der Waals surface area contributed by atoms with Crippen molar-refractivity contribution in [1.82, 2.24) is 20.5 Å². The maximum atomic E-state index is 12.2. The highest BCUT2D eigenvalue weighted by Crippen LogP contribution is 2.17. The van der Waals surface area contributed by atoms with Gasteiger partial charge >= 0.3 is 0 Å². The summed E-state index contributed by atoms with van der Waals surface area (Å²) in [5.74, 6) is 0.971. The van der Waals surface area contributed by atoms with Gasteiger partial charge in [-0.05, 0) is 25.5 Å². The minimum absolute atomic E-state index is 0.168. The molecule has 106 valence electrons. The fraction of sp³-hybridized carbons (Fsp3) is 0.429. The molecule has 20 heavy (non-hydrogen) atoms. The molecule has 0 aliphatic carbocycles. The van der Waals surface area contributed by atoms with E-state index in [4.69, 9.17) is 4.42 Å². The third kappa shape index (κ3) is 3.01. The van der Waals surface area contributed by atoms with Gasteiger partial charge in [0.25, 0.3) is 5.91 Å². The molecule has 0 aliphatic heterocycles. The van der Waals surface area contributed by atoms with Crippen LogP contribution in [0.4, 0.5) is 0 Å². The molecule has 0 bridgehead atoms. The Morgan fingerprint density at radius 3 is 2.55 bits per heavy atom. The number of carbonyl (C=O) groups is 1. The molecular weight excluding hydrogens is 256 g/mol. The van der Waals surface area contributed by atoms with Crippen LogP contribution in [-0.2, 0) is 0 Å². The van der Waals surface area contributed by atoms with Gasteiger partial charge in [0.15, 0.2) is 0 Å². The Labute approximate surface area is 117 Å². The quantitative estimate of drug-likeness (QED) is 0.925. The second-order valence-electron chi connectivity index (χ2n) is 5.02. The van der Waals surface area contributed by atoms with Gasteiger partial charge in [0.1, 0.15) is 6.04 Å². The van der Waals surface area contributed by atoms with Crippen LogP contribution in [0.15, 0.2) is 22.9 Å². The number of aromatic nitrogens is 3. The maximum absolute atomic E-state index is 12.2. The van der Waals surface area contributed by atoms with E-state index in [1.54, 1.807) is 18.5 Å². The molecule has 1 amide bonds. The Morgan fingerprint density at radius 2 is 1.95 bits per heavy atom. The van der Waals surface area contributed by atoms with Gasteiger partial charge in [-0.25, -0.2) is 0 Å². The molecule has 6 heteroatoms. The van der Waals surface area contributed by atoms with Gasteiger partial charge in [-0.15, -0.1) is 10.2 Å². The van der Waals surface area contributed by atoms with E-state index >= 15 is 0 Å². The Kier molecular flexibility index (Phi) is 4.12. The Bertz CT molecular complexity index is 607. The van der Waals surface area contributed by atoms with E-state index in [9.17, 15) is 4.79 Å². The van der Waals surface area contributed by atoms with E-state index < -0.39 is 0 Å². The van der Waals surface area contributed by atoms with E-state index in [-0.39, 0.29) is 17.9 Å². The first-order valence-electron chi connectivity index (χ1n) is 6.53. The molecule has 0 spiro atoms. The number of rotatable bonds is 4. The predicted molar refractivity (Wildman–Crippen MR) is 73.2 cm³/mol. The Balaban J connectivity index is 2.09. The standard InChI is InChI=1S/C14H18N4O2/c1-8(2)13-17-18-14(20-13)10(4)16-12(19)11-5-6-15-7-9(11)3/h5-8,10H,1-4H3,(H,16,19). The average Bonchev–Trinajstić information content (AvgIpc) is 2.88. The molecule has 2 rings (SSSR count). The zero-order valence-corrected chi connectivity index (χ0v) is 12.0. The topological polar surface area (TPSA) is 80.9 Å². The van der Waals surface area contributed by atoms with Crippen LogP contribution in [0.5, 0.6) is 0 Å². The molecule has 1 N–H and O–H groups in total. The summed E-state index contributed by atoms with van der Waals surface area (Å²) in [5.41, 5.74) is 1.42. The van der Waals surface area contributed by atoms with Crippen LogP contribution in [0.25, 0.3) is 0 Å². The van der Waals surface area contributed by atoms with Gasteiger partial charge in [0.05, 0.1) is 0 Å². The molecule has 0 fully saturated rings. The van der Waals surface area contributed by atoms with Crippen LogP contribution < -0.4 is 5.32 Å². The zero-order valence-electron chi connectivity index (χ0n) is 12.0. The number of amides is 1. The summed E-state index contributed by atoms with van der Waals surface area (Å²) in [7, 11) is 0. The molecule has 0 radical (unpaired) electrons. The summed E-state index contributed by atoms with van der Waals surface area (Å²) in [5, 5.41) is 10.8. The molecule has 1 atom stereocenters. The lowest BCUT2D eigenvalue weighted by atomic mass is 10.1. The lowest BCUT2D eigenvalue weighted by molar-refractivity contribution is 0.0933. The third-order valence-electron chi connectivity index (χ3n) is 2.93. The van der Waals surface area contributed by atoms with Gasteiger partial charge in [0.2, 0.25) is 11.8 Å². The molecule has 2 aromatic rings. The molecule has 0 saturated carbocycles. The fourth-order valence-electron chi connectivity index (χ4n) is 1.72. The minimum atomic E-state index is -0.338. The van der Waals surface area contributed by atoms with Crippen molar-refractivity contribution in [3.63, 3.8) is 0 Å². The van der Waals surface area contributed by atoms with Gasteiger partial charge in [0, 0.05) is 23.9 Å². The highest BCUT2D eigenvalue weighted by atomic mass is 16.4. The van der Waals surface area contributed by atoms with Crippen LogP contribution in [0.2, 0.25) is 0 Å². The molecule has 2 aromatic heterocycles. The summed E-state index contributed by atoms with van der Waals surface area (Å²) in [6.07, 6.45) is 3.25. The highest BCUT2D eigenvalue weighted by molar-refractivity contribution is 5.95. The molecule has 0 aliphatic rings. The normalized spacial score (nSPS) is 12.4. The summed E-state index contributed by atoms with van der Waals surface area (Å²) in [4.78, 5) is 16.1. The first-order chi connectivity index (χ1) is 9.49. The number of hydrogen-bond acceptors (Lipinski definition) is 5. The molecule has 0 saturated heterocycles. The van der Waals surface area contributed by atoms with Gasteiger partial charge in [-0.1, -0.05) is 13.8 Å². The van der Waals surface area contributed by atoms with Crippen LogP contribution in [0.3, 0.4) is 0 Å². The van der Waals surface area contributed by atoms with Crippen molar-refractivity contribution in [3.05, 3.63) is 41.4 Å². The van der Waals surface area contributed by atoms with E-state index in [1.165, 1.54) is 0 Å². The first-order valence-corrected chi connectivity index (χ1v) is 6.53. The summed E-state index contributed by atoms with van der Waals surface area (Å²) >= 11 is 0. The Morgan fingerprint density at radius 1 is 1.25 bits per heavy atom. The van der Waals surface area contributed by atoms with Gasteiger partial charge in [-0.2, -0.15) is 0 Å². The average molecular weight is 274 g/mol. The third-order valence-corrected chi connectivity index (χ3v) is 2.93.